The molecule has 2 amide bonds. The van der Waals surface area contributed by atoms with Gasteiger partial charge in [0, 0.05) is 32.0 Å². The van der Waals surface area contributed by atoms with Gasteiger partial charge in [0.2, 0.25) is 0 Å². The van der Waals surface area contributed by atoms with Gasteiger partial charge >= 0.3 is 6.03 Å². The Labute approximate surface area is 129 Å². The van der Waals surface area contributed by atoms with Gasteiger partial charge in [0.05, 0.1) is 17.8 Å². The second-order valence-electron chi connectivity index (χ2n) is 5.69. The number of hydrogen-bond donors (Lipinski definition) is 2. The van der Waals surface area contributed by atoms with E-state index in [1.807, 2.05) is 41.9 Å². The molecule has 118 valence electrons. The van der Waals surface area contributed by atoms with Gasteiger partial charge in [-0.1, -0.05) is 6.07 Å². The number of fused-ring (bicyclic) bond motifs is 1. The maximum Gasteiger partial charge on any atom is 0.315 e. The summed E-state index contributed by atoms with van der Waals surface area (Å²) in [5.41, 5.74) is 1.90. The highest BCUT2D eigenvalue weighted by molar-refractivity contribution is 5.74. The molecule has 2 atom stereocenters. The van der Waals surface area contributed by atoms with E-state index in [0.717, 1.165) is 30.8 Å². The van der Waals surface area contributed by atoms with Crippen molar-refractivity contribution >= 4 is 11.7 Å². The van der Waals surface area contributed by atoms with Crippen molar-refractivity contribution in [3.05, 3.63) is 36.3 Å². The number of pyridine rings is 1. The fraction of sp³-hybridized carbons (Fsp3) is 0.500. The molecule has 0 aromatic carbocycles. The molecule has 2 aromatic heterocycles. The molecule has 6 heteroatoms. The van der Waals surface area contributed by atoms with Crippen LogP contribution in [0, 0.1) is 0 Å². The molecule has 2 N–H and O–H groups in total. The zero-order chi connectivity index (χ0) is 15.4. The number of rotatable bonds is 5. The van der Waals surface area contributed by atoms with Crippen LogP contribution in [0.1, 0.15) is 25.5 Å². The van der Waals surface area contributed by atoms with Crippen LogP contribution in [0.4, 0.5) is 4.79 Å². The first-order valence-electron chi connectivity index (χ1n) is 7.81. The molecule has 1 aliphatic heterocycles. The van der Waals surface area contributed by atoms with E-state index in [0.29, 0.717) is 13.0 Å². The highest BCUT2D eigenvalue weighted by Crippen LogP contribution is 2.15. The SMILES string of the molecule is C[C@H](NC(=O)NCCc1cn2ccccc2n1)[C@@H]1CCCO1. The van der Waals surface area contributed by atoms with Crippen molar-refractivity contribution in [3.63, 3.8) is 0 Å². The van der Waals surface area contributed by atoms with E-state index >= 15 is 0 Å². The van der Waals surface area contributed by atoms with E-state index in [1.54, 1.807) is 0 Å². The molecular weight excluding hydrogens is 280 g/mol. The maximum atomic E-state index is 11.9. The molecule has 22 heavy (non-hydrogen) atoms. The Hall–Kier alpha value is -2.08. The van der Waals surface area contributed by atoms with Gasteiger partial charge in [0.25, 0.3) is 0 Å². The smallest absolute Gasteiger partial charge is 0.315 e. The Bertz CT molecular complexity index is 601. The lowest BCUT2D eigenvalue weighted by Gasteiger charge is -2.20. The third-order valence-electron chi connectivity index (χ3n) is 3.96. The molecular formula is C16H22N4O2. The van der Waals surface area contributed by atoms with Crippen molar-refractivity contribution in [2.24, 2.45) is 0 Å². The van der Waals surface area contributed by atoms with Crippen LogP contribution in [-0.4, -0.2) is 40.7 Å². The van der Waals surface area contributed by atoms with Gasteiger partial charge in [-0.15, -0.1) is 0 Å². The third kappa shape index (κ3) is 3.57. The van der Waals surface area contributed by atoms with E-state index in [-0.39, 0.29) is 18.2 Å². The number of amides is 2. The molecule has 0 saturated carbocycles. The topological polar surface area (TPSA) is 67.7 Å². The van der Waals surface area contributed by atoms with Gasteiger partial charge < -0.3 is 19.8 Å². The fourth-order valence-corrected chi connectivity index (χ4v) is 2.76. The van der Waals surface area contributed by atoms with Crippen LogP contribution < -0.4 is 10.6 Å². The van der Waals surface area contributed by atoms with Crippen LogP contribution in [0.15, 0.2) is 30.6 Å². The average Bonchev–Trinajstić information content (AvgIpc) is 3.16. The minimum Gasteiger partial charge on any atom is -0.376 e. The predicted octanol–water partition coefficient (Wildman–Crippen LogP) is 1.74. The Morgan fingerprint density at radius 3 is 3.23 bits per heavy atom. The van der Waals surface area contributed by atoms with Crippen molar-refractivity contribution in [1.29, 1.82) is 0 Å². The number of hydrogen-bond acceptors (Lipinski definition) is 3. The molecule has 2 aromatic rings. The summed E-state index contributed by atoms with van der Waals surface area (Å²) in [6, 6.07) is 5.79. The van der Waals surface area contributed by atoms with Crippen molar-refractivity contribution < 1.29 is 9.53 Å². The first-order chi connectivity index (χ1) is 10.7. The number of nitrogens with zero attached hydrogens (tertiary/aromatic N) is 2. The standard InChI is InChI=1S/C16H22N4O2/c1-12(14-5-4-10-22-14)18-16(21)17-8-7-13-11-20-9-3-2-6-15(20)19-13/h2-3,6,9,11-12,14H,4-5,7-8,10H2,1H3,(H2,17,18,21)/t12-,14-/m0/s1. The Balaban J connectivity index is 1.43. The molecule has 0 unspecified atom stereocenters. The number of aromatic nitrogens is 2. The normalized spacial score (nSPS) is 19.2. The summed E-state index contributed by atoms with van der Waals surface area (Å²) in [4.78, 5) is 16.4. The van der Waals surface area contributed by atoms with Crippen LogP contribution >= 0.6 is 0 Å². The summed E-state index contributed by atoms with van der Waals surface area (Å²) in [6.45, 7) is 3.35. The quantitative estimate of drug-likeness (QED) is 0.884. The van der Waals surface area contributed by atoms with Gasteiger partial charge in [0.15, 0.2) is 0 Å². The number of carbonyl (C=O) groups excluding carboxylic acids is 1. The lowest BCUT2D eigenvalue weighted by Crippen LogP contribution is -2.46. The monoisotopic (exact) mass is 302 g/mol. The molecule has 1 fully saturated rings. The Morgan fingerprint density at radius 1 is 1.55 bits per heavy atom. The number of nitrogens with one attached hydrogen (secondary N) is 2. The summed E-state index contributed by atoms with van der Waals surface area (Å²) < 4.78 is 7.55. The molecule has 3 heterocycles. The van der Waals surface area contributed by atoms with E-state index in [1.165, 1.54) is 0 Å². The van der Waals surface area contributed by atoms with E-state index in [2.05, 4.69) is 15.6 Å². The van der Waals surface area contributed by atoms with E-state index in [4.69, 9.17) is 4.74 Å². The maximum absolute atomic E-state index is 11.9. The summed E-state index contributed by atoms with van der Waals surface area (Å²) in [7, 11) is 0. The lowest BCUT2D eigenvalue weighted by atomic mass is 10.1. The Morgan fingerprint density at radius 2 is 2.45 bits per heavy atom. The van der Waals surface area contributed by atoms with Crippen LogP contribution in [-0.2, 0) is 11.2 Å². The predicted molar refractivity (Wildman–Crippen MR) is 83.9 cm³/mol. The summed E-state index contributed by atoms with van der Waals surface area (Å²) in [6.07, 6.45) is 6.90. The number of carbonyl (C=O) groups is 1. The van der Waals surface area contributed by atoms with Crippen LogP contribution in [0.5, 0.6) is 0 Å². The lowest BCUT2D eigenvalue weighted by molar-refractivity contribution is 0.0860. The second-order valence-corrected chi connectivity index (χ2v) is 5.69. The zero-order valence-corrected chi connectivity index (χ0v) is 12.8. The molecule has 3 rings (SSSR count). The van der Waals surface area contributed by atoms with Gasteiger partial charge in [-0.3, -0.25) is 0 Å². The highest BCUT2D eigenvalue weighted by atomic mass is 16.5. The minimum atomic E-state index is -0.147. The van der Waals surface area contributed by atoms with Gasteiger partial charge in [-0.2, -0.15) is 0 Å². The Kier molecular flexibility index (Phi) is 4.58. The molecule has 1 aliphatic rings. The van der Waals surface area contributed by atoms with Crippen LogP contribution in [0.3, 0.4) is 0 Å². The van der Waals surface area contributed by atoms with E-state index in [9.17, 15) is 4.79 Å². The zero-order valence-electron chi connectivity index (χ0n) is 12.8. The van der Waals surface area contributed by atoms with E-state index < -0.39 is 0 Å². The minimum absolute atomic E-state index is 0.0395. The van der Waals surface area contributed by atoms with Crippen molar-refractivity contribution in [3.8, 4) is 0 Å². The first kappa shape index (κ1) is 14.8. The third-order valence-corrected chi connectivity index (χ3v) is 3.96. The first-order valence-corrected chi connectivity index (χ1v) is 7.81. The van der Waals surface area contributed by atoms with Crippen molar-refractivity contribution in [2.75, 3.05) is 13.2 Å². The largest absolute Gasteiger partial charge is 0.376 e. The fourth-order valence-electron chi connectivity index (χ4n) is 2.76. The molecule has 6 nitrogen and oxygen atoms in total. The molecule has 0 aliphatic carbocycles. The van der Waals surface area contributed by atoms with Gasteiger partial charge in [-0.05, 0) is 31.9 Å². The second kappa shape index (κ2) is 6.79. The number of ether oxygens (including phenoxy) is 1. The summed E-state index contributed by atoms with van der Waals surface area (Å²) in [5, 5.41) is 5.81. The number of urea groups is 1. The molecule has 1 saturated heterocycles. The van der Waals surface area contributed by atoms with Crippen LogP contribution in [0.25, 0.3) is 5.65 Å². The molecule has 0 spiro atoms. The number of imidazole rings is 1. The molecule has 0 bridgehead atoms. The van der Waals surface area contributed by atoms with Gasteiger partial charge in [0.1, 0.15) is 5.65 Å². The summed E-state index contributed by atoms with van der Waals surface area (Å²) in [5.74, 6) is 0. The van der Waals surface area contributed by atoms with Crippen molar-refractivity contribution in [1.82, 2.24) is 20.0 Å². The van der Waals surface area contributed by atoms with Gasteiger partial charge in [-0.25, -0.2) is 9.78 Å². The summed E-state index contributed by atoms with van der Waals surface area (Å²) >= 11 is 0. The molecule has 0 radical (unpaired) electrons. The average molecular weight is 302 g/mol. The van der Waals surface area contributed by atoms with Crippen LogP contribution in [0.2, 0.25) is 0 Å². The highest BCUT2D eigenvalue weighted by Gasteiger charge is 2.23. The van der Waals surface area contributed by atoms with Crippen molar-refractivity contribution in [2.45, 2.75) is 38.3 Å².